The maximum absolute atomic E-state index is 11.0. The van der Waals surface area contributed by atoms with Gasteiger partial charge in [-0.15, -0.1) is 10.2 Å². The second-order valence-corrected chi connectivity index (χ2v) is 3.18. The van der Waals surface area contributed by atoms with Crippen LogP contribution in [-0.4, -0.2) is 29.3 Å². The van der Waals surface area contributed by atoms with Gasteiger partial charge in [-0.1, -0.05) is 0 Å². The lowest BCUT2D eigenvalue weighted by molar-refractivity contribution is -0.143. The standard InChI is InChI=1S/C10H16N4O2/c1-2-16-10(15)4-3-7-12-9-6-5-8(11)13-14-9/h5-6H,2-4,7H2,1H3,(H2,11,13)(H,12,14). The lowest BCUT2D eigenvalue weighted by Crippen LogP contribution is -2.09. The van der Waals surface area contributed by atoms with Crippen molar-refractivity contribution in [1.82, 2.24) is 10.2 Å². The smallest absolute Gasteiger partial charge is 0.305 e. The predicted octanol–water partition coefficient (Wildman–Crippen LogP) is 0.814. The molecule has 0 saturated heterocycles. The van der Waals surface area contributed by atoms with Gasteiger partial charge < -0.3 is 15.8 Å². The Bertz CT molecular complexity index is 326. The van der Waals surface area contributed by atoms with E-state index in [1.165, 1.54) is 0 Å². The number of anilines is 2. The maximum Gasteiger partial charge on any atom is 0.305 e. The summed E-state index contributed by atoms with van der Waals surface area (Å²) in [5.74, 6) is 0.864. The van der Waals surface area contributed by atoms with E-state index in [4.69, 9.17) is 10.5 Å². The second kappa shape index (κ2) is 6.60. The van der Waals surface area contributed by atoms with E-state index in [1.807, 2.05) is 0 Å². The number of hydrogen-bond acceptors (Lipinski definition) is 6. The summed E-state index contributed by atoms with van der Waals surface area (Å²) in [7, 11) is 0. The molecule has 1 heterocycles. The number of ether oxygens (including phenoxy) is 1. The molecule has 3 N–H and O–H groups in total. The van der Waals surface area contributed by atoms with Crippen molar-refractivity contribution >= 4 is 17.6 Å². The highest BCUT2D eigenvalue weighted by atomic mass is 16.5. The normalized spacial score (nSPS) is 9.81. The summed E-state index contributed by atoms with van der Waals surface area (Å²) in [5, 5.41) is 10.6. The largest absolute Gasteiger partial charge is 0.466 e. The molecule has 0 aromatic carbocycles. The predicted molar refractivity (Wildman–Crippen MR) is 60.8 cm³/mol. The minimum atomic E-state index is -0.173. The van der Waals surface area contributed by atoms with Crippen molar-refractivity contribution in [3.05, 3.63) is 12.1 Å². The minimum Gasteiger partial charge on any atom is -0.466 e. The number of nitrogen functional groups attached to an aromatic ring is 1. The molecule has 16 heavy (non-hydrogen) atoms. The third kappa shape index (κ3) is 4.59. The summed E-state index contributed by atoms with van der Waals surface area (Å²) >= 11 is 0. The van der Waals surface area contributed by atoms with Crippen LogP contribution in [0.2, 0.25) is 0 Å². The summed E-state index contributed by atoms with van der Waals surface area (Å²) in [6, 6.07) is 3.41. The minimum absolute atomic E-state index is 0.173. The molecule has 1 rings (SSSR count). The lowest BCUT2D eigenvalue weighted by atomic mass is 10.3. The molecule has 0 aliphatic carbocycles. The number of nitrogens with zero attached hydrogens (tertiary/aromatic N) is 2. The van der Waals surface area contributed by atoms with Gasteiger partial charge in [0.2, 0.25) is 0 Å². The summed E-state index contributed by atoms with van der Waals surface area (Å²) in [5.41, 5.74) is 5.39. The van der Waals surface area contributed by atoms with Gasteiger partial charge in [0.15, 0.2) is 0 Å². The molecule has 1 aromatic heterocycles. The Balaban J connectivity index is 2.16. The van der Waals surface area contributed by atoms with Crippen LogP contribution in [0, 0.1) is 0 Å². The molecule has 0 unspecified atom stereocenters. The van der Waals surface area contributed by atoms with Crippen LogP contribution in [0.3, 0.4) is 0 Å². The summed E-state index contributed by atoms with van der Waals surface area (Å²) in [6.45, 7) is 2.87. The molecular formula is C10H16N4O2. The Hall–Kier alpha value is -1.85. The van der Waals surface area contributed by atoms with Crippen LogP contribution in [0.4, 0.5) is 11.6 Å². The van der Waals surface area contributed by atoms with E-state index >= 15 is 0 Å². The van der Waals surface area contributed by atoms with Crippen LogP contribution < -0.4 is 11.1 Å². The Labute approximate surface area is 94.2 Å². The molecule has 0 radical (unpaired) electrons. The van der Waals surface area contributed by atoms with Crippen molar-refractivity contribution in [1.29, 1.82) is 0 Å². The van der Waals surface area contributed by atoms with E-state index in [9.17, 15) is 4.79 Å². The zero-order chi connectivity index (χ0) is 11.8. The van der Waals surface area contributed by atoms with E-state index in [1.54, 1.807) is 19.1 Å². The maximum atomic E-state index is 11.0. The van der Waals surface area contributed by atoms with Crippen molar-refractivity contribution in [3.8, 4) is 0 Å². The molecule has 0 spiro atoms. The monoisotopic (exact) mass is 224 g/mol. The average molecular weight is 224 g/mol. The van der Waals surface area contributed by atoms with E-state index in [-0.39, 0.29) is 5.97 Å². The van der Waals surface area contributed by atoms with E-state index < -0.39 is 0 Å². The number of carbonyl (C=O) groups excluding carboxylic acids is 1. The molecule has 6 nitrogen and oxygen atoms in total. The SMILES string of the molecule is CCOC(=O)CCCNc1ccc(N)nn1. The molecule has 88 valence electrons. The summed E-state index contributed by atoms with van der Waals surface area (Å²) in [4.78, 5) is 11.0. The first-order chi connectivity index (χ1) is 7.72. The van der Waals surface area contributed by atoms with Crippen molar-refractivity contribution in [2.75, 3.05) is 24.2 Å². The van der Waals surface area contributed by atoms with Gasteiger partial charge in [-0.05, 0) is 25.5 Å². The van der Waals surface area contributed by atoms with Crippen LogP contribution in [0.25, 0.3) is 0 Å². The Morgan fingerprint density at radius 3 is 2.94 bits per heavy atom. The van der Waals surface area contributed by atoms with Crippen LogP contribution in [-0.2, 0) is 9.53 Å². The first-order valence-electron chi connectivity index (χ1n) is 5.21. The number of rotatable bonds is 6. The number of hydrogen-bond donors (Lipinski definition) is 2. The van der Waals surface area contributed by atoms with Crippen LogP contribution in [0.15, 0.2) is 12.1 Å². The number of nitrogens with one attached hydrogen (secondary N) is 1. The third-order valence-electron chi connectivity index (χ3n) is 1.85. The number of nitrogens with two attached hydrogens (primary N) is 1. The molecule has 6 heteroatoms. The zero-order valence-corrected chi connectivity index (χ0v) is 9.27. The molecule has 0 amide bonds. The molecule has 1 aromatic rings. The number of esters is 1. The third-order valence-corrected chi connectivity index (χ3v) is 1.85. The van der Waals surface area contributed by atoms with Gasteiger partial charge in [-0.25, -0.2) is 0 Å². The van der Waals surface area contributed by atoms with Gasteiger partial charge in [0.05, 0.1) is 6.61 Å². The zero-order valence-electron chi connectivity index (χ0n) is 9.27. The van der Waals surface area contributed by atoms with Crippen molar-refractivity contribution in [3.63, 3.8) is 0 Å². The number of aromatic nitrogens is 2. The van der Waals surface area contributed by atoms with Gasteiger partial charge in [0.25, 0.3) is 0 Å². The second-order valence-electron chi connectivity index (χ2n) is 3.18. The van der Waals surface area contributed by atoms with Gasteiger partial charge in [0.1, 0.15) is 11.6 Å². The molecule has 0 atom stereocenters. The highest BCUT2D eigenvalue weighted by Gasteiger charge is 2.00. The van der Waals surface area contributed by atoms with E-state index in [0.29, 0.717) is 37.6 Å². The van der Waals surface area contributed by atoms with Gasteiger partial charge >= 0.3 is 5.97 Å². The van der Waals surface area contributed by atoms with Gasteiger partial charge in [-0.2, -0.15) is 0 Å². The highest BCUT2D eigenvalue weighted by Crippen LogP contribution is 2.03. The fourth-order valence-corrected chi connectivity index (χ4v) is 1.12. The van der Waals surface area contributed by atoms with Crippen LogP contribution in [0.1, 0.15) is 19.8 Å². The topological polar surface area (TPSA) is 90.1 Å². The van der Waals surface area contributed by atoms with Crippen molar-refractivity contribution in [2.45, 2.75) is 19.8 Å². The van der Waals surface area contributed by atoms with Gasteiger partial charge in [0, 0.05) is 13.0 Å². The quantitative estimate of drug-likeness (QED) is 0.549. The fourth-order valence-electron chi connectivity index (χ4n) is 1.12. The first-order valence-corrected chi connectivity index (χ1v) is 5.21. The van der Waals surface area contributed by atoms with Gasteiger partial charge in [-0.3, -0.25) is 4.79 Å². The number of carbonyl (C=O) groups is 1. The Morgan fingerprint density at radius 1 is 1.50 bits per heavy atom. The van der Waals surface area contributed by atoms with Crippen LogP contribution >= 0.6 is 0 Å². The molecule has 0 saturated carbocycles. The van der Waals surface area contributed by atoms with E-state index in [0.717, 1.165) is 0 Å². The Morgan fingerprint density at radius 2 is 2.31 bits per heavy atom. The average Bonchev–Trinajstić information content (AvgIpc) is 2.27. The fraction of sp³-hybridized carbons (Fsp3) is 0.500. The molecule has 0 bridgehead atoms. The van der Waals surface area contributed by atoms with Crippen LogP contribution in [0.5, 0.6) is 0 Å². The highest BCUT2D eigenvalue weighted by molar-refractivity contribution is 5.69. The molecule has 0 fully saturated rings. The summed E-state index contributed by atoms with van der Waals surface area (Å²) in [6.07, 6.45) is 1.11. The summed E-state index contributed by atoms with van der Waals surface area (Å²) < 4.78 is 4.80. The Kier molecular flexibility index (Phi) is 5.04. The van der Waals surface area contributed by atoms with Crippen molar-refractivity contribution in [2.24, 2.45) is 0 Å². The van der Waals surface area contributed by atoms with E-state index in [2.05, 4.69) is 15.5 Å². The van der Waals surface area contributed by atoms with Crippen molar-refractivity contribution < 1.29 is 9.53 Å². The molecular weight excluding hydrogens is 208 g/mol. The molecule has 0 aliphatic heterocycles. The first kappa shape index (κ1) is 12.2. The lowest BCUT2D eigenvalue weighted by Gasteiger charge is -2.04. The molecule has 0 aliphatic rings.